The molecule has 0 radical (unpaired) electrons. The lowest BCUT2D eigenvalue weighted by Crippen LogP contribution is -2.36. The molecule has 7 heteroatoms. The van der Waals surface area contributed by atoms with Gasteiger partial charge in [-0.3, -0.25) is 9.59 Å². The number of nitrogens with one attached hydrogen (secondary N) is 1. The normalized spacial score (nSPS) is 12.9. The molecule has 0 aromatic rings. The third kappa shape index (κ3) is 31.0. The molecular formula is C48H95N3O4. The molecule has 1 N–H and O–H groups in total. The van der Waals surface area contributed by atoms with E-state index in [-0.39, 0.29) is 23.8 Å². The van der Waals surface area contributed by atoms with E-state index in [1.165, 1.54) is 103 Å². The van der Waals surface area contributed by atoms with Crippen molar-refractivity contribution in [2.75, 3.05) is 52.5 Å². The van der Waals surface area contributed by atoms with Crippen LogP contribution in [0.2, 0.25) is 0 Å². The zero-order chi connectivity index (χ0) is 40.6. The number of hydrogen-bond acceptors (Lipinski definition) is 7. The van der Waals surface area contributed by atoms with Gasteiger partial charge in [-0.25, -0.2) is 0 Å². The van der Waals surface area contributed by atoms with E-state index in [1.807, 2.05) is 0 Å². The summed E-state index contributed by atoms with van der Waals surface area (Å²) in [7, 11) is 0. The number of allylic oxidation sites excluding steroid dienone is 1. The third-order valence-electron chi connectivity index (χ3n) is 11.4. The van der Waals surface area contributed by atoms with Gasteiger partial charge in [0.15, 0.2) is 0 Å². The number of nitrogens with zero attached hydrogens (tertiary/aromatic N) is 2. The second-order valence-electron chi connectivity index (χ2n) is 16.2. The summed E-state index contributed by atoms with van der Waals surface area (Å²) in [6.45, 7) is 22.2. The van der Waals surface area contributed by atoms with E-state index in [0.29, 0.717) is 13.2 Å². The van der Waals surface area contributed by atoms with E-state index >= 15 is 0 Å². The van der Waals surface area contributed by atoms with Crippen LogP contribution in [0.25, 0.3) is 0 Å². The molecule has 0 saturated carbocycles. The van der Waals surface area contributed by atoms with Crippen molar-refractivity contribution in [1.29, 1.82) is 0 Å². The maximum atomic E-state index is 13.3. The van der Waals surface area contributed by atoms with Gasteiger partial charge in [0.05, 0.1) is 30.9 Å². The molecule has 0 aromatic heterocycles. The van der Waals surface area contributed by atoms with Crippen LogP contribution < -0.4 is 5.32 Å². The molecule has 0 rings (SSSR count). The van der Waals surface area contributed by atoms with Crippen LogP contribution in [-0.4, -0.2) is 74.2 Å². The lowest BCUT2D eigenvalue weighted by Gasteiger charge is -2.29. The number of carbonyl (C=O) groups is 2. The van der Waals surface area contributed by atoms with E-state index in [0.717, 1.165) is 116 Å². The predicted octanol–water partition coefficient (Wildman–Crippen LogP) is 13.0. The average molecular weight is 778 g/mol. The van der Waals surface area contributed by atoms with E-state index in [2.05, 4.69) is 69.7 Å². The Hall–Kier alpha value is -1.76. The van der Waals surface area contributed by atoms with Crippen molar-refractivity contribution in [3.8, 4) is 0 Å². The second kappa shape index (κ2) is 40.4. The standard InChI is InChI=1S/C48H95N3O4/c1-8-15-19-23-25-29-36-44(34-27-21-17-10-3)47(52)54-42-32-40-51(46(12-5)49-38-31-39-50(13-6)14-7)41-33-43-55-48(53)45(35-28-22-18-11-4)37-30-26-24-20-16-9-2/h12,44-45,49H,8-11,13-43H2,1-7H3/b46-12-. The van der Waals surface area contributed by atoms with Gasteiger partial charge in [-0.05, 0) is 77.6 Å². The monoisotopic (exact) mass is 778 g/mol. The third-order valence-corrected chi connectivity index (χ3v) is 11.4. The summed E-state index contributed by atoms with van der Waals surface area (Å²) in [5, 5.41) is 3.70. The maximum absolute atomic E-state index is 13.3. The predicted molar refractivity (Wildman–Crippen MR) is 237 cm³/mol. The molecule has 0 bridgehead atoms. The number of hydrogen-bond donors (Lipinski definition) is 1. The van der Waals surface area contributed by atoms with Gasteiger partial charge in [0.2, 0.25) is 0 Å². The molecule has 2 atom stereocenters. The minimum absolute atomic E-state index is 0.00881. The first-order valence-electron chi connectivity index (χ1n) is 24.1. The van der Waals surface area contributed by atoms with Crippen molar-refractivity contribution in [3.63, 3.8) is 0 Å². The number of carbonyl (C=O) groups excluding carboxylic acids is 2. The van der Waals surface area contributed by atoms with Crippen molar-refractivity contribution in [3.05, 3.63) is 11.9 Å². The van der Waals surface area contributed by atoms with Crippen LogP contribution in [0, 0.1) is 11.8 Å². The molecule has 0 aliphatic rings. The molecule has 0 saturated heterocycles. The maximum Gasteiger partial charge on any atom is 0.308 e. The van der Waals surface area contributed by atoms with Crippen LogP contribution in [0.5, 0.6) is 0 Å². The Morgan fingerprint density at radius 2 is 0.855 bits per heavy atom. The summed E-state index contributed by atoms with van der Waals surface area (Å²) in [6.07, 6.45) is 33.2. The first kappa shape index (κ1) is 53.2. The van der Waals surface area contributed by atoms with Crippen molar-refractivity contribution >= 4 is 11.9 Å². The van der Waals surface area contributed by atoms with Crippen molar-refractivity contribution in [2.24, 2.45) is 11.8 Å². The van der Waals surface area contributed by atoms with Gasteiger partial charge in [0, 0.05) is 19.6 Å². The molecular weight excluding hydrogens is 683 g/mol. The van der Waals surface area contributed by atoms with Crippen LogP contribution in [0.15, 0.2) is 11.9 Å². The molecule has 0 heterocycles. The molecule has 0 spiro atoms. The first-order chi connectivity index (χ1) is 26.9. The molecule has 0 fully saturated rings. The Morgan fingerprint density at radius 3 is 1.22 bits per heavy atom. The minimum Gasteiger partial charge on any atom is -0.465 e. The molecule has 2 unspecified atom stereocenters. The summed E-state index contributed by atoms with van der Waals surface area (Å²) in [6, 6.07) is 0. The van der Waals surface area contributed by atoms with Crippen LogP contribution in [-0.2, 0) is 19.1 Å². The van der Waals surface area contributed by atoms with Crippen molar-refractivity contribution in [2.45, 2.75) is 222 Å². The topological polar surface area (TPSA) is 71.1 Å². The van der Waals surface area contributed by atoms with E-state index in [9.17, 15) is 9.59 Å². The fourth-order valence-electron chi connectivity index (χ4n) is 7.64. The summed E-state index contributed by atoms with van der Waals surface area (Å²) in [5.41, 5.74) is 0. The van der Waals surface area contributed by atoms with E-state index in [4.69, 9.17) is 9.47 Å². The zero-order valence-electron chi connectivity index (χ0n) is 38.0. The van der Waals surface area contributed by atoms with E-state index < -0.39 is 0 Å². The summed E-state index contributed by atoms with van der Waals surface area (Å²) in [5.74, 6) is 1.20. The Kier molecular flexibility index (Phi) is 39.1. The lowest BCUT2D eigenvalue weighted by molar-refractivity contribution is -0.150. The Morgan fingerprint density at radius 1 is 0.491 bits per heavy atom. The van der Waals surface area contributed by atoms with Gasteiger partial charge < -0.3 is 24.6 Å². The second-order valence-corrected chi connectivity index (χ2v) is 16.2. The largest absolute Gasteiger partial charge is 0.465 e. The molecule has 0 aliphatic heterocycles. The summed E-state index contributed by atoms with van der Waals surface area (Å²) < 4.78 is 12.0. The highest BCUT2D eigenvalue weighted by Crippen LogP contribution is 2.22. The van der Waals surface area contributed by atoms with Gasteiger partial charge in [0.25, 0.3) is 0 Å². The summed E-state index contributed by atoms with van der Waals surface area (Å²) in [4.78, 5) is 31.5. The average Bonchev–Trinajstić information content (AvgIpc) is 3.19. The Labute approximate surface area is 343 Å². The Balaban J connectivity index is 5.27. The Bertz CT molecular complexity index is 825. The van der Waals surface area contributed by atoms with Gasteiger partial charge in [-0.2, -0.15) is 0 Å². The SMILES string of the molecule is C/C=C(/NCCCN(CC)CC)N(CCCOC(=O)C(CCCCCC)CCCCCCCC)CCCOC(=O)C(CCCCCC)CCCCCCCC. The minimum atomic E-state index is 0.00881. The highest BCUT2D eigenvalue weighted by atomic mass is 16.5. The van der Waals surface area contributed by atoms with Gasteiger partial charge in [-0.15, -0.1) is 0 Å². The number of unbranched alkanes of at least 4 members (excludes halogenated alkanes) is 16. The van der Waals surface area contributed by atoms with Crippen LogP contribution in [0.3, 0.4) is 0 Å². The quantitative estimate of drug-likeness (QED) is 0.0489. The zero-order valence-corrected chi connectivity index (χ0v) is 38.0. The van der Waals surface area contributed by atoms with Crippen molar-refractivity contribution in [1.82, 2.24) is 15.1 Å². The van der Waals surface area contributed by atoms with Gasteiger partial charge in [-0.1, -0.05) is 170 Å². The molecule has 0 amide bonds. The molecule has 0 aliphatic carbocycles. The van der Waals surface area contributed by atoms with Gasteiger partial charge in [0.1, 0.15) is 0 Å². The highest BCUT2D eigenvalue weighted by Gasteiger charge is 2.21. The van der Waals surface area contributed by atoms with Crippen LogP contribution in [0.4, 0.5) is 0 Å². The van der Waals surface area contributed by atoms with Crippen LogP contribution >= 0.6 is 0 Å². The first-order valence-corrected chi connectivity index (χ1v) is 24.1. The van der Waals surface area contributed by atoms with Gasteiger partial charge >= 0.3 is 11.9 Å². The molecule has 55 heavy (non-hydrogen) atoms. The number of esters is 2. The number of rotatable bonds is 42. The smallest absolute Gasteiger partial charge is 0.308 e. The summed E-state index contributed by atoms with van der Waals surface area (Å²) >= 11 is 0. The molecule has 326 valence electrons. The lowest BCUT2D eigenvalue weighted by atomic mass is 9.94. The fourth-order valence-corrected chi connectivity index (χ4v) is 7.64. The molecule has 7 nitrogen and oxygen atoms in total. The van der Waals surface area contributed by atoms with E-state index in [1.54, 1.807) is 0 Å². The fraction of sp³-hybridized carbons (Fsp3) is 0.917. The number of ether oxygens (including phenoxy) is 2. The van der Waals surface area contributed by atoms with Crippen LogP contribution in [0.1, 0.15) is 222 Å². The highest BCUT2D eigenvalue weighted by molar-refractivity contribution is 5.72. The van der Waals surface area contributed by atoms with Crippen molar-refractivity contribution < 1.29 is 19.1 Å². The molecule has 0 aromatic carbocycles.